The summed E-state index contributed by atoms with van der Waals surface area (Å²) in [5.41, 5.74) is 0.513. The molecule has 0 saturated heterocycles. The van der Waals surface area contributed by atoms with Gasteiger partial charge in [0.2, 0.25) is 0 Å². The predicted octanol–water partition coefficient (Wildman–Crippen LogP) is 2.03. The van der Waals surface area contributed by atoms with Crippen LogP contribution >= 0.6 is 0 Å². The van der Waals surface area contributed by atoms with Gasteiger partial charge in [0.05, 0.1) is 0 Å². The molecule has 0 aliphatic heterocycles. The van der Waals surface area contributed by atoms with Gasteiger partial charge in [0.25, 0.3) is 5.91 Å². The van der Waals surface area contributed by atoms with E-state index in [2.05, 4.69) is 5.32 Å². The number of aliphatic carboxylic acids is 1. The highest BCUT2D eigenvalue weighted by molar-refractivity contribution is 5.86. The summed E-state index contributed by atoms with van der Waals surface area (Å²) in [4.78, 5) is 33.8. The van der Waals surface area contributed by atoms with Gasteiger partial charge < -0.3 is 15.2 Å². The molecule has 6 heteroatoms. The van der Waals surface area contributed by atoms with Crippen LogP contribution in [0, 0.1) is 0 Å². The summed E-state index contributed by atoms with van der Waals surface area (Å²) in [6.07, 6.45) is 1.37. The molecule has 6 nitrogen and oxygen atoms in total. The lowest BCUT2D eigenvalue weighted by atomic mass is 10.1. The minimum Gasteiger partial charge on any atom is -0.481 e. The Morgan fingerprint density at radius 2 is 1.91 bits per heavy atom. The molecule has 0 saturated carbocycles. The number of carbonyl (C=O) groups is 3. The number of hydrogen-bond acceptors (Lipinski definition) is 4. The summed E-state index contributed by atoms with van der Waals surface area (Å²) in [7, 11) is 0. The second kappa shape index (κ2) is 8.81. The number of nitrogens with one attached hydrogen (secondary N) is 1. The van der Waals surface area contributed by atoms with Crippen LogP contribution < -0.4 is 10.1 Å². The number of ether oxygens (including phenoxy) is 1. The van der Waals surface area contributed by atoms with Crippen LogP contribution in [-0.2, 0) is 9.59 Å². The van der Waals surface area contributed by atoms with Crippen LogP contribution in [0.25, 0.3) is 0 Å². The monoisotopic (exact) mass is 307 g/mol. The van der Waals surface area contributed by atoms with Gasteiger partial charge in [0.15, 0.2) is 6.10 Å². The van der Waals surface area contributed by atoms with E-state index < -0.39 is 24.0 Å². The van der Waals surface area contributed by atoms with Crippen LogP contribution in [0.15, 0.2) is 24.3 Å². The van der Waals surface area contributed by atoms with Crippen molar-refractivity contribution in [1.82, 2.24) is 5.32 Å². The van der Waals surface area contributed by atoms with E-state index in [1.807, 2.05) is 6.92 Å². The Bertz CT molecular complexity index is 512. The maximum Gasteiger partial charge on any atom is 0.326 e. The van der Waals surface area contributed by atoms with Gasteiger partial charge in [-0.1, -0.05) is 20.3 Å². The van der Waals surface area contributed by atoms with Gasteiger partial charge in [-0.3, -0.25) is 9.59 Å². The quantitative estimate of drug-likeness (QED) is 0.681. The van der Waals surface area contributed by atoms with Crippen molar-refractivity contribution in [1.29, 1.82) is 0 Å². The molecule has 1 aromatic carbocycles. The van der Waals surface area contributed by atoms with Crippen LogP contribution in [0.3, 0.4) is 0 Å². The lowest BCUT2D eigenvalue weighted by molar-refractivity contribution is -0.143. The van der Waals surface area contributed by atoms with Crippen molar-refractivity contribution in [2.45, 2.75) is 45.3 Å². The van der Waals surface area contributed by atoms with Gasteiger partial charge in [-0.2, -0.15) is 0 Å². The molecule has 120 valence electrons. The smallest absolute Gasteiger partial charge is 0.326 e. The third-order valence-corrected chi connectivity index (χ3v) is 3.15. The summed E-state index contributed by atoms with van der Waals surface area (Å²) in [6.45, 7) is 3.63. The average Bonchev–Trinajstić information content (AvgIpc) is 2.52. The van der Waals surface area contributed by atoms with E-state index in [4.69, 9.17) is 9.84 Å². The van der Waals surface area contributed by atoms with Crippen LogP contribution in [0.4, 0.5) is 0 Å². The minimum atomic E-state index is -1.06. The molecule has 2 unspecified atom stereocenters. The van der Waals surface area contributed by atoms with E-state index >= 15 is 0 Å². The molecule has 0 bridgehead atoms. The van der Waals surface area contributed by atoms with Gasteiger partial charge in [-0.05, 0) is 37.1 Å². The molecule has 0 heterocycles. The Balaban J connectivity index is 2.70. The van der Waals surface area contributed by atoms with E-state index in [0.29, 0.717) is 30.6 Å². The number of aldehydes is 1. The normalized spacial score (nSPS) is 13.0. The summed E-state index contributed by atoms with van der Waals surface area (Å²) in [6, 6.07) is 5.46. The first kappa shape index (κ1) is 17.7. The molecule has 22 heavy (non-hydrogen) atoms. The highest BCUT2D eigenvalue weighted by Gasteiger charge is 2.24. The van der Waals surface area contributed by atoms with E-state index in [0.717, 1.165) is 6.29 Å². The number of benzene rings is 1. The first-order valence-electron chi connectivity index (χ1n) is 7.26. The molecule has 0 spiro atoms. The van der Waals surface area contributed by atoms with Gasteiger partial charge in [0.1, 0.15) is 18.1 Å². The zero-order chi connectivity index (χ0) is 16.5. The number of hydrogen-bond donors (Lipinski definition) is 2. The first-order chi connectivity index (χ1) is 10.5. The van der Waals surface area contributed by atoms with Gasteiger partial charge >= 0.3 is 5.97 Å². The number of carbonyl (C=O) groups excluding carboxylic acids is 2. The fraction of sp³-hybridized carbons (Fsp3) is 0.438. The fourth-order valence-electron chi connectivity index (χ4n) is 1.92. The zero-order valence-electron chi connectivity index (χ0n) is 12.7. The molecular weight excluding hydrogens is 286 g/mol. The Morgan fingerprint density at radius 1 is 1.27 bits per heavy atom. The summed E-state index contributed by atoms with van der Waals surface area (Å²) in [5, 5.41) is 11.6. The van der Waals surface area contributed by atoms with Crippen molar-refractivity contribution in [3.8, 4) is 5.75 Å². The summed E-state index contributed by atoms with van der Waals surface area (Å²) < 4.78 is 5.56. The molecule has 0 radical (unpaired) electrons. The second-order valence-corrected chi connectivity index (χ2v) is 4.89. The maximum absolute atomic E-state index is 12.1. The topological polar surface area (TPSA) is 92.7 Å². The highest BCUT2D eigenvalue weighted by atomic mass is 16.5. The second-order valence-electron chi connectivity index (χ2n) is 4.89. The molecule has 0 aliphatic carbocycles. The van der Waals surface area contributed by atoms with Crippen molar-refractivity contribution < 1.29 is 24.2 Å². The SMILES string of the molecule is CCCC(NC(=O)C(CC)Oc1ccc(C=O)cc1)C(=O)O. The van der Waals surface area contributed by atoms with E-state index in [1.54, 1.807) is 31.2 Å². The third-order valence-electron chi connectivity index (χ3n) is 3.15. The zero-order valence-corrected chi connectivity index (χ0v) is 12.7. The molecular formula is C16H21NO5. The summed E-state index contributed by atoms with van der Waals surface area (Å²) >= 11 is 0. The fourth-order valence-corrected chi connectivity index (χ4v) is 1.92. The number of rotatable bonds is 9. The Hall–Kier alpha value is -2.37. The van der Waals surface area contributed by atoms with E-state index in [9.17, 15) is 14.4 Å². The average molecular weight is 307 g/mol. The molecule has 0 fully saturated rings. The summed E-state index contributed by atoms with van der Waals surface area (Å²) in [5.74, 6) is -1.06. The third kappa shape index (κ3) is 5.20. The molecule has 1 aromatic rings. The van der Waals surface area contributed by atoms with Crippen LogP contribution in [0.1, 0.15) is 43.5 Å². The number of carboxylic acid groups (broad SMARTS) is 1. The van der Waals surface area contributed by atoms with Gasteiger partial charge in [0, 0.05) is 5.56 Å². The molecule has 1 amide bonds. The standard InChI is InChI=1S/C16H21NO5/c1-3-5-13(16(20)21)17-15(19)14(4-2)22-12-8-6-11(10-18)7-9-12/h6-10,13-14H,3-5H2,1-2H3,(H,17,19)(H,20,21). The van der Waals surface area contributed by atoms with Gasteiger partial charge in [-0.25, -0.2) is 4.79 Å². The van der Waals surface area contributed by atoms with Crippen molar-refractivity contribution >= 4 is 18.2 Å². The lowest BCUT2D eigenvalue weighted by Crippen LogP contribution is -2.47. The number of carboxylic acids is 1. The van der Waals surface area contributed by atoms with Gasteiger partial charge in [-0.15, -0.1) is 0 Å². The molecule has 2 atom stereocenters. The van der Waals surface area contributed by atoms with Crippen molar-refractivity contribution in [3.63, 3.8) is 0 Å². The maximum atomic E-state index is 12.1. The van der Waals surface area contributed by atoms with Crippen molar-refractivity contribution in [2.75, 3.05) is 0 Å². The molecule has 0 aromatic heterocycles. The molecule has 0 aliphatic rings. The van der Waals surface area contributed by atoms with Crippen molar-refractivity contribution in [3.05, 3.63) is 29.8 Å². The Kier molecular flexibility index (Phi) is 7.08. The van der Waals surface area contributed by atoms with Crippen LogP contribution in [0.5, 0.6) is 5.75 Å². The largest absolute Gasteiger partial charge is 0.481 e. The Labute approximate surface area is 129 Å². The highest BCUT2D eigenvalue weighted by Crippen LogP contribution is 2.14. The molecule has 2 N–H and O–H groups in total. The minimum absolute atomic E-state index is 0.367. The number of amides is 1. The van der Waals surface area contributed by atoms with E-state index in [1.165, 1.54) is 0 Å². The molecule has 1 rings (SSSR count). The van der Waals surface area contributed by atoms with Crippen molar-refractivity contribution in [2.24, 2.45) is 0 Å². The Morgan fingerprint density at radius 3 is 2.36 bits per heavy atom. The predicted molar refractivity (Wildman–Crippen MR) is 81.0 cm³/mol. The van der Waals surface area contributed by atoms with E-state index in [-0.39, 0.29) is 0 Å². The van der Waals surface area contributed by atoms with Crippen LogP contribution in [-0.4, -0.2) is 35.4 Å². The van der Waals surface area contributed by atoms with Crippen LogP contribution in [0.2, 0.25) is 0 Å². The lowest BCUT2D eigenvalue weighted by Gasteiger charge is -2.20. The first-order valence-corrected chi connectivity index (χ1v) is 7.26.